The molecule has 1 aromatic heterocycles. The number of amides is 2. The van der Waals surface area contributed by atoms with Gasteiger partial charge in [-0.15, -0.1) is 0 Å². The van der Waals surface area contributed by atoms with Crippen LogP contribution in [0, 0.1) is 6.92 Å². The highest BCUT2D eigenvalue weighted by Gasteiger charge is 2.22. The topological polar surface area (TPSA) is 66.4 Å². The zero-order valence-corrected chi connectivity index (χ0v) is 16.3. The zero-order valence-electron chi connectivity index (χ0n) is 16.3. The number of nitrogens with one attached hydrogen (secondary N) is 2. The van der Waals surface area contributed by atoms with E-state index >= 15 is 0 Å². The van der Waals surface area contributed by atoms with Crippen molar-refractivity contribution in [3.05, 3.63) is 36.0 Å². The standard InChI is InChI=1S/C21H30N4O2/c1-3-10-22-20(26)14-24-11-8-18(9-12-24)23-21(27)15-25-16(2)13-17-6-4-5-7-19(17)25/h4-7,13,18H,3,8-12,14-15H2,1-2H3,(H,22,26)(H,23,27). The lowest BCUT2D eigenvalue weighted by Crippen LogP contribution is -2.48. The number of hydrogen-bond donors (Lipinski definition) is 2. The molecular weight excluding hydrogens is 340 g/mol. The highest BCUT2D eigenvalue weighted by Crippen LogP contribution is 2.19. The molecule has 27 heavy (non-hydrogen) atoms. The summed E-state index contributed by atoms with van der Waals surface area (Å²) in [6.07, 6.45) is 2.73. The molecule has 1 aromatic carbocycles. The van der Waals surface area contributed by atoms with Crippen LogP contribution >= 0.6 is 0 Å². The molecule has 1 aliphatic rings. The SMILES string of the molecule is CCCNC(=O)CN1CCC(NC(=O)Cn2c(C)cc3ccccc32)CC1. The average Bonchev–Trinajstić information content (AvgIpc) is 2.97. The Morgan fingerprint density at radius 2 is 1.85 bits per heavy atom. The van der Waals surface area contributed by atoms with Crippen molar-refractivity contribution in [3.8, 4) is 0 Å². The van der Waals surface area contributed by atoms with Gasteiger partial charge in [0.2, 0.25) is 11.8 Å². The summed E-state index contributed by atoms with van der Waals surface area (Å²) >= 11 is 0. The maximum Gasteiger partial charge on any atom is 0.240 e. The molecule has 1 saturated heterocycles. The van der Waals surface area contributed by atoms with Crippen LogP contribution in [0.4, 0.5) is 0 Å². The molecule has 1 fully saturated rings. The van der Waals surface area contributed by atoms with Crippen molar-refractivity contribution >= 4 is 22.7 Å². The van der Waals surface area contributed by atoms with Crippen LogP contribution in [0.1, 0.15) is 31.9 Å². The Labute approximate surface area is 160 Å². The highest BCUT2D eigenvalue weighted by atomic mass is 16.2. The van der Waals surface area contributed by atoms with Gasteiger partial charge in [0.1, 0.15) is 6.54 Å². The first kappa shape index (κ1) is 19.4. The van der Waals surface area contributed by atoms with Gasteiger partial charge in [0.15, 0.2) is 0 Å². The number of aryl methyl sites for hydroxylation is 1. The van der Waals surface area contributed by atoms with Crippen LogP contribution in [0.5, 0.6) is 0 Å². The third-order valence-electron chi connectivity index (χ3n) is 5.21. The largest absolute Gasteiger partial charge is 0.355 e. The van der Waals surface area contributed by atoms with Crippen LogP contribution in [-0.2, 0) is 16.1 Å². The minimum absolute atomic E-state index is 0.0543. The number of likely N-dealkylation sites (tertiary alicyclic amines) is 1. The zero-order chi connectivity index (χ0) is 19.2. The number of para-hydroxylation sites is 1. The Kier molecular flexibility index (Phi) is 6.50. The maximum absolute atomic E-state index is 12.5. The van der Waals surface area contributed by atoms with Crippen molar-refractivity contribution < 1.29 is 9.59 Å². The molecule has 0 bridgehead atoms. The first-order valence-corrected chi connectivity index (χ1v) is 9.90. The van der Waals surface area contributed by atoms with Gasteiger partial charge in [-0.25, -0.2) is 0 Å². The molecule has 0 aliphatic carbocycles. The van der Waals surface area contributed by atoms with Crippen LogP contribution in [0.25, 0.3) is 10.9 Å². The predicted octanol–water partition coefficient (Wildman–Crippen LogP) is 2.06. The summed E-state index contributed by atoms with van der Waals surface area (Å²) < 4.78 is 2.07. The van der Waals surface area contributed by atoms with Gasteiger partial charge in [-0.1, -0.05) is 25.1 Å². The van der Waals surface area contributed by atoms with Crippen LogP contribution in [-0.4, -0.2) is 53.5 Å². The molecule has 0 saturated carbocycles. The molecule has 2 amide bonds. The average molecular weight is 370 g/mol. The first-order valence-electron chi connectivity index (χ1n) is 9.90. The van der Waals surface area contributed by atoms with Gasteiger partial charge in [-0.05, 0) is 43.7 Å². The van der Waals surface area contributed by atoms with E-state index in [-0.39, 0.29) is 17.9 Å². The fourth-order valence-corrected chi connectivity index (χ4v) is 3.73. The smallest absolute Gasteiger partial charge is 0.240 e. The van der Waals surface area contributed by atoms with E-state index in [1.165, 1.54) is 0 Å². The number of carbonyl (C=O) groups excluding carboxylic acids is 2. The Hall–Kier alpha value is -2.34. The molecule has 0 radical (unpaired) electrons. The van der Waals surface area contributed by atoms with Gasteiger partial charge in [-0.2, -0.15) is 0 Å². The van der Waals surface area contributed by atoms with Gasteiger partial charge in [0.25, 0.3) is 0 Å². The van der Waals surface area contributed by atoms with Gasteiger partial charge in [0.05, 0.1) is 6.54 Å². The van der Waals surface area contributed by atoms with E-state index in [1.807, 2.05) is 26.0 Å². The number of hydrogen-bond acceptors (Lipinski definition) is 3. The molecule has 0 spiro atoms. The second-order valence-corrected chi connectivity index (χ2v) is 7.40. The minimum Gasteiger partial charge on any atom is -0.355 e. The third-order valence-corrected chi connectivity index (χ3v) is 5.21. The van der Waals surface area contributed by atoms with Crippen molar-refractivity contribution in [2.45, 2.75) is 45.7 Å². The number of piperidine rings is 1. The van der Waals surface area contributed by atoms with Crippen LogP contribution in [0.15, 0.2) is 30.3 Å². The maximum atomic E-state index is 12.5. The summed E-state index contributed by atoms with van der Waals surface area (Å²) in [5.74, 6) is 0.146. The van der Waals surface area contributed by atoms with Gasteiger partial charge >= 0.3 is 0 Å². The second-order valence-electron chi connectivity index (χ2n) is 7.40. The van der Waals surface area contributed by atoms with Gasteiger partial charge in [0, 0.05) is 36.9 Å². The van der Waals surface area contributed by atoms with Crippen LogP contribution in [0.3, 0.4) is 0 Å². The molecule has 6 nitrogen and oxygen atoms in total. The lowest BCUT2D eigenvalue weighted by Gasteiger charge is -2.32. The number of carbonyl (C=O) groups is 2. The lowest BCUT2D eigenvalue weighted by molar-refractivity contribution is -0.124. The monoisotopic (exact) mass is 370 g/mol. The molecule has 2 heterocycles. The summed E-state index contributed by atoms with van der Waals surface area (Å²) in [5.41, 5.74) is 2.19. The molecule has 2 N–H and O–H groups in total. The molecule has 1 aliphatic heterocycles. The van der Waals surface area contributed by atoms with Gasteiger partial charge in [-0.3, -0.25) is 14.5 Å². The molecule has 6 heteroatoms. The quantitative estimate of drug-likeness (QED) is 0.784. The van der Waals surface area contributed by atoms with Crippen LogP contribution in [0.2, 0.25) is 0 Å². The number of rotatable bonds is 7. The normalized spacial score (nSPS) is 15.8. The summed E-state index contributed by atoms with van der Waals surface area (Å²) in [7, 11) is 0. The molecule has 146 valence electrons. The van der Waals surface area contributed by atoms with E-state index in [0.29, 0.717) is 13.1 Å². The number of benzene rings is 1. The van der Waals surface area contributed by atoms with E-state index in [0.717, 1.165) is 55.5 Å². The molecular formula is C21H30N4O2. The van der Waals surface area contributed by atoms with E-state index in [1.54, 1.807) is 0 Å². The Balaban J connectivity index is 1.47. The fourth-order valence-electron chi connectivity index (χ4n) is 3.73. The summed E-state index contributed by atoms with van der Waals surface area (Å²) in [5, 5.41) is 7.25. The molecule has 0 atom stereocenters. The van der Waals surface area contributed by atoms with E-state index in [9.17, 15) is 9.59 Å². The number of aromatic nitrogens is 1. The Morgan fingerprint density at radius 1 is 1.11 bits per heavy atom. The summed E-state index contributed by atoms with van der Waals surface area (Å²) in [6, 6.07) is 10.4. The minimum atomic E-state index is 0.0543. The highest BCUT2D eigenvalue weighted by molar-refractivity contribution is 5.84. The molecule has 0 unspecified atom stereocenters. The fraction of sp³-hybridized carbons (Fsp3) is 0.524. The number of nitrogens with zero attached hydrogens (tertiary/aromatic N) is 2. The second kappa shape index (κ2) is 9.04. The van der Waals surface area contributed by atoms with Crippen LogP contribution < -0.4 is 10.6 Å². The lowest BCUT2D eigenvalue weighted by atomic mass is 10.0. The van der Waals surface area contributed by atoms with Gasteiger partial charge < -0.3 is 15.2 Å². The number of fused-ring (bicyclic) bond motifs is 1. The van der Waals surface area contributed by atoms with Crippen molar-refractivity contribution in [2.24, 2.45) is 0 Å². The predicted molar refractivity (Wildman–Crippen MR) is 108 cm³/mol. The van der Waals surface area contributed by atoms with Crippen molar-refractivity contribution in [3.63, 3.8) is 0 Å². The van der Waals surface area contributed by atoms with E-state index < -0.39 is 0 Å². The molecule has 3 rings (SSSR count). The summed E-state index contributed by atoms with van der Waals surface area (Å²) in [4.78, 5) is 26.5. The molecule has 2 aromatic rings. The van der Waals surface area contributed by atoms with Crippen molar-refractivity contribution in [1.82, 2.24) is 20.1 Å². The first-order chi connectivity index (χ1) is 13.1. The Bertz CT molecular complexity index is 791. The Morgan fingerprint density at radius 3 is 2.59 bits per heavy atom. The van der Waals surface area contributed by atoms with E-state index in [2.05, 4.69) is 38.3 Å². The van der Waals surface area contributed by atoms with Crippen molar-refractivity contribution in [1.29, 1.82) is 0 Å². The summed E-state index contributed by atoms with van der Waals surface area (Å²) in [6.45, 7) is 7.31. The van der Waals surface area contributed by atoms with Crippen molar-refractivity contribution in [2.75, 3.05) is 26.2 Å². The third kappa shape index (κ3) is 5.10. The van der Waals surface area contributed by atoms with E-state index in [4.69, 9.17) is 0 Å².